The summed E-state index contributed by atoms with van der Waals surface area (Å²) in [5.41, 5.74) is 3.31. The lowest BCUT2D eigenvalue weighted by atomic mass is 9.83. The number of rotatable bonds is 2. The van der Waals surface area contributed by atoms with Crippen molar-refractivity contribution in [3.63, 3.8) is 0 Å². The topological polar surface area (TPSA) is 64.5 Å². The Bertz CT molecular complexity index is 729. The Balaban J connectivity index is 2.24. The molecule has 4 nitrogen and oxygen atoms in total. The van der Waals surface area contributed by atoms with Crippen molar-refractivity contribution in [1.29, 1.82) is 5.26 Å². The largest absolute Gasteiger partial charge is 0.340 e. The molecule has 100 valence electrons. The summed E-state index contributed by atoms with van der Waals surface area (Å²) < 4.78 is 0. The van der Waals surface area contributed by atoms with Gasteiger partial charge in [0.25, 0.3) is 0 Å². The highest BCUT2D eigenvalue weighted by molar-refractivity contribution is 9.09. The van der Waals surface area contributed by atoms with Gasteiger partial charge in [0, 0.05) is 27.8 Å². The standard InChI is InChI=1S/C14H10BrClN4/c15-5-12-9(6-17)13(8-3-1-2-4-11(8)16)10-7-18-20-14(10)19-12/h1-4,7,13H,5H2,(H2,18,19,20). The van der Waals surface area contributed by atoms with Gasteiger partial charge < -0.3 is 5.32 Å². The Morgan fingerprint density at radius 2 is 2.15 bits per heavy atom. The fourth-order valence-electron chi connectivity index (χ4n) is 2.43. The van der Waals surface area contributed by atoms with Gasteiger partial charge in [-0.1, -0.05) is 45.7 Å². The maximum atomic E-state index is 9.54. The number of aromatic nitrogens is 2. The number of H-pyrrole nitrogens is 1. The molecule has 1 aromatic heterocycles. The maximum Gasteiger partial charge on any atom is 0.156 e. The smallest absolute Gasteiger partial charge is 0.156 e. The fourth-order valence-corrected chi connectivity index (χ4v) is 3.12. The number of anilines is 1. The monoisotopic (exact) mass is 348 g/mol. The van der Waals surface area contributed by atoms with Crippen molar-refractivity contribution in [2.24, 2.45) is 0 Å². The Kier molecular flexibility index (Phi) is 3.51. The molecule has 20 heavy (non-hydrogen) atoms. The first-order chi connectivity index (χ1) is 9.76. The van der Waals surface area contributed by atoms with Crippen LogP contribution in [0.15, 0.2) is 41.7 Å². The zero-order valence-corrected chi connectivity index (χ0v) is 12.7. The van der Waals surface area contributed by atoms with Gasteiger partial charge in [0.05, 0.1) is 17.6 Å². The van der Waals surface area contributed by atoms with E-state index in [1.54, 1.807) is 6.20 Å². The Morgan fingerprint density at radius 1 is 1.35 bits per heavy atom. The normalized spacial score (nSPS) is 17.4. The summed E-state index contributed by atoms with van der Waals surface area (Å²) >= 11 is 9.72. The van der Waals surface area contributed by atoms with Crippen LogP contribution in [-0.4, -0.2) is 15.5 Å². The first-order valence-electron chi connectivity index (χ1n) is 6.00. The van der Waals surface area contributed by atoms with Gasteiger partial charge in [0.15, 0.2) is 5.82 Å². The van der Waals surface area contributed by atoms with Gasteiger partial charge in [0.1, 0.15) is 0 Å². The summed E-state index contributed by atoms with van der Waals surface area (Å²) in [6.45, 7) is 0. The minimum atomic E-state index is -0.198. The number of nitriles is 1. The van der Waals surface area contributed by atoms with Crippen LogP contribution in [0.1, 0.15) is 17.0 Å². The average molecular weight is 350 g/mol. The quantitative estimate of drug-likeness (QED) is 0.811. The van der Waals surface area contributed by atoms with Gasteiger partial charge in [-0.25, -0.2) is 0 Å². The van der Waals surface area contributed by atoms with Crippen molar-refractivity contribution < 1.29 is 0 Å². The molecule has 0 radical (unpaired) electrons. The third-order valence-electron chi connectivity index (χ3n) is 3.33. The molecule has 0 spiro atoms. The summed E-state index contributed by atoms with van der Waals surface area (Å²) in [6, 6.07) is 9.88. The number of nitrogens with zero attached hydrogens (tertiary/aromatic N) is 2. The third kappa shape index (κ3) is 2.01. The molecule has 2 heterocycles. The van der Waals surface area contributed by atoms with Crippen LogP contribution in [0.5, 0.6) is 0 Å². The van der Waals surface area contributed by atoms with Crippen molar-refractivity contribution in [2.45, 2.75) is 5.92 Å². The number of hydrogen-bond donors (Lipinski definition) is 2. The molecule has 1 aliphatic rings. The summed E-state index contributed by atoms with van der Waals surface area (Å²) in [5, 5.41) is 20.9. The summed E-state index contributed by atoms with van der Waals surface area (Å²) in [5.74, 6) is 0.541. The molecule has 0 amide bonds. The Morgan fingerprint density at radius 3 is 2.85 bits per heavy atom. The number of alkyl halides is 1. The number of fused-ring (bicyclic) bond motifs is 1. The van der Waals surface area contributed by atoms with Crippen LogP contribution in [-0.2, 0) is 0 Å². The predicted molar refractivity (Wildman–Crippen MR) is 81.9 cm³/mol. The van der Waals surface area contributed by atoms with Crippen LogP contribution in [0.4, 0.5) is 5.82 Å². The van der Waals surface area contributed by atoms with Gasteiger partial charge in [-0.3, -0.25) is 5.10 Å². The molecule has 3 rings (SSSR count). The molecule has 1 aliphatic heterocycles. The molecular formula is C14H10BrClN4. The Labute approximate surface area is 129 Å². The van der Waals surface area contributed by atoms with E-state index in [2.05, 4.69) is 37.5 Å². The van der Waals surface area contributed by atoms with Crippen molar-refractivity contribution >= 4 is 33.3 Å². The van der Waals surface area contributed by atoms with Crippen molar-refractivity contribution in [2.75, 3.05) is 10.6 Å². The second kappa shape index (κ2) is 5.31. The molecule has 0 saturated carbocycles. The highest BCUT2D eigenvalue weighted by atomic mass is 79.9. The van der Waals surface area contributed by atoms with Crippen LogP contribution in [0.25, 0.3) is 0 Å². The molecule has 2 aromatic rings. The summed E-state index contributed by atoms with van der Waals surface area (Å²) in [4.78, 5) is 0. The fraction of sp³-hybridized carbons (Fsp3) is 0.143. The van der Waals surface area contributed by atoms with Crippen molar-refractivity contribution in [1.82, 2.24) is 10.2 Å². The molecule has 1 aromatic carbocycles. The highest BCUT2D eigenvalue weighted by Gasteiger charge is 2.31. The second-order valence-electron chi connectivity index (χ2n) is 4.41. The minimum absolute atomic E-state index is 0.198. The van der Waals surface area contributed by atoms with E-state index in [1.807, 2.05) is 24.3 Å². The lowest BCUT2D eigenvalue weighted by molar-refractivity contribution is 0.942. The third-order valence-corrected chi connectivity index (χ3v) is 4.24. The maximum absolute atomic E-state index is 9.54. The van der Waals surface area contributed by atoms with Gasteiger partial charge >= 0.3 is 0 Å². The van der Waals surface area contributed by atoms with E-state index in [-0.39, 0.29) is 5.92 Å². The zero-order valence-electron chi connectivity index (χ0n) is 10.3. The molecule has 0 saturated heterocycles. The predicted octanol–water partition coefficient (Wildman–Crippen LogP) is 3.79. The van der Waals surface area contributed by atoms with Gasteiger partial charge in [-0.2, -0.15) is 10.4 Å². The van der Waals surface area contributed by atoms with E-state index < -0.39 is 0 Å². The van der Waals surface area contributed by atoms with Crippen molar-refractivity contribution in [3.8, 4) is 6.07 Å². The molecule has 1 unspecified atom stereocenters. The number of allylic oxidation sites excluding steroid dienone is 2. The SMILES string of the molecule is N#CC1=C(CBr)Nc2n[nH]cc2C1c1ccccc1Cl. The van der Waals surface area contributed by atoms with Crippen LogP contribution in [0.2, 0.25) is 5.02 Å². The molecule has 1 atom stereocenters. The van der Waals surface area contributed by atoms with Crippen LogP contribution >= 0.6 is 27.5 Å². The van der Waals surface area contributed by atoms with Crippen LogP contribution in [0.3, 0.4) is 0 Å². The van der Waals surface area contributed by atoms with E-state index >= 15 is 0 Å². The van der Waals surface area contributed by atoms with Gasteiger partial charge in [-0.05, 0) is 11.6 Å². The van der Waals surface area contributed by atoms with E-state index in [0.29, 0.717) is 15.9 Å². The molecular weight excluding hydrogens is 340 g/mol. The van der Waals surface area contributed by atoms with E-state index in [4.69, 9.17) is 11.6 Å². The highest BCUT2D eigenvalue weighted by Crippen LogP contribution is 2.42. The van der Waals surface area contributed by atoms with E-state index in [9.17, 15) is 5.26 Å². The van der Waals surface area contributed by atoms with Crippen LogP contribution in [0, 0.1) is 11.3 Å². The van der Waals surface area contributed by atoms with E-state index in [1.165, 1.54) is 0 Å². The van der Waals surface area contributed by atoms with E-state index in [0.717, 1.165) is 22.6 Å². The Hall–Kier alpha value is -1.77. The number of nitrogens with one attached hydrogen (secondary N) is 2. The van der Waals surface area contributed by atoms with Gasteiger partial charge in [-0.15, -0.1) is 0 Å². The summed E-state index contributed by atoms with van der Waals surface area (Å²) in [7, 11) is 0. The molecule has 0 bridgehead atoms. The lowest BCUT2D eigenvalue weighted by Gasteiger charge is -2.25. The number of aromatic amines is 1. The van der Waals surface area contributed by atoms with Gasteiger partial charge in [0.2, 0.25) is 0 Å². The lowest BCUT2D eigenvalue weighted by Crippen LogP contribution is -2.18. The average Bonchev–Trinajstić information content (AvgIpc) is 2.94. The van der Waals surface area contributed by atoms with Crippen molar-refractivity contribution in [3.05, 3.63) is 57.9 Å². The number of hydrogen-bond acceptors (Lipinski definition) is 3. The minimum Gasteiger partial charge on any atom is -0.340 e. The molecule has 0 aliphatic carbocycles. The summed E-state index contributed by atoms with van der Waals surface area (Å²) in [6.07, 6.45) is 1.80. The molecule has 6 heteroatoms. The first-order valence-corrected chi connectivity index (χ1v) is 7.50. The van der Waals surface area contributed by atoms with Crippen LogP contribution < -0.4 is 5.32 Å². The molecule has 2 N–H and O–H groups in total. The first kappa shape index (κ1) is 13.2. The zero-order chi connectivity index (χ0) is 14.1. The second-order valence-corrected chi connectivity index (χ2v) is 5.37. The number of halogens is 2. The number of benzene rings is 1. The molecule has 0 fully saturated rings.